The van der Waals surface area contributed by atoms with Crippen LogP contribution in [0.3, 0.4) is 0 Å². The van der Waals surface area contributed by atoms with Crippen LogP contribution in [0.1, 0.15) is 73.7 Å². The van der Waals surface area contributed by atoms with E-state index in [-0.39, 0.29) is 23.3 Å². The Bertz CT molecular complexity index is 897. The summed E-state index contributed by atoms with van der Waals surface area (Å²) in [5, 5.41) is 6.46. The summed E-state index contributed by atoms with van der Waals surface area (Å²) >= 11 is 5.41. The summed E-state index contributed by atoms with van der Waals surface area (Å²) < 4.78 is 10.5. The molecular weight excluding hydrogens is 412 g/mol. The highest BCUT2D eigenvalue weighted by Crippen LogP contribution is 2.20. The number of rotatable bonds is 7. The number of esters is 2. The number of thiocarbonyl (C=S) groups is 1. The van der Waals surface area contributed by atoms with Gasteiger partial charge in [-0.3, -0.25) is 0 Å². The van der Waals surface area contributed by atoms with Crippen molar-refractivity contribution in [3.8, 4) is 0 Å². The fourth-order valence-corrected chi connectivity index (χ4v) is 2.98. The molecule has 0 saturated carbocycles. The van der Waals surface area contributed by atoms with E-state index in [0.29, 0.717) is 16.7 Å². The first-order chi connectivity index (χ1) is 14.5. The summed E-state index contributed by atoms with van der Waals surface area (Å²) in [5.74, 6) is -0.614. The van der Waals surface area contributed by atoms with Gasteiger partial charge < -0.3 is 20.1 Å². The summed E-state index contributed by atoms with van der Waals surface area (Å²) in [5.41, 5.74) is 3.01. The van der Waals surface area contributed by atoms with Crippen molar-refractivity contribution in [2.75, 3.05) is 10.6 Å². The molecule has 0 aliphatic heterocycles. The molecule has 0 radical (unpaired) electrons. The molecule has 31 heavy (non-hydrogen) atoms. The van der Waals surface area contributed by atoms with E-state index in [0.717, 1.165) is 5.69 Å². The number of ether oxygens (including phenoxy) is 2. The lowest BCUT2D eigenvalue weighted by Crippen LogP contribution is -2.20. The predicted octanol–water partition coefficient (Wildman–Crippen LogP) is 5.75. The fraction of sp³-hybridized carbons (Fsp3) is 0.375. The monoisotopic (exact) mass is 442 g/mol. The first-order valence-corrected chi connectivity index (χ1v) is 10.7. The number of carbonyl (C=O) groups is 2. The van der Waals surface area contributed by atoms with E-state index >= 15 is 0 Å². The van der Waals surface area contributed by atoms with Crippen molar-refractivity contribution in [1.29, 1.82) is 0 Å². The number of benzene rings is 2. The Morgan fingerprint density at radius 2 is 1.19 bits per heavy atom. The minimum atomic E-state index is -0.527. The van der Waals surface area contributed by atoms with Crippen LogP contribution >= 0.6 is 12.2 Å². The molecule has 2 aromatic rings. The van der Waals surface area contributed by atoms with Crippen LogP contribution in [0, 0.1) is 0 Å². The summed E-state index contributed by atoms with van der Waals surface area (Å²) in [7, 11) is 0. The molecule has 0 aliphatic rings. The predicted molar refractivity (Wildman–Crippen MR) is 128 cm³/mol. The minimum absolute atomic E-state index is 0.235. The highest BCUT2D eigenvalue weighted by molar-refractivity contribution is 7.80. The summed E-state index contributed by atoms with van der Waals surface area (Å²) in [6.07, 6.45) is -0.571. The van der Waals surface area contributed by atoms with Crippen LogP contribution in [0.25, 0.3) is 0 Å². The molecule has 0 aliphatic carbocycles. The molecule has 0 heterocycles. The molecule has 0 fully saturated rings. The standard InChI is InChI=1S/C24H30N2O4S/c1-14(2)17-7-9-20(10-8-17)25-24(31)26-21-12-18(22(27)29-15(3)4)11-19(13-21)23(28)30-16(5)6/h7-16H,1-6H3,(H2,25,26,31). The molecule has 0 aromatic heterocycles. The minimum Gasteiger partial charge on any atom is -0.459 e. The Labute approximate surface area is 189 Å². The highest BCUT2D eigenvalue weighted by Gasteiger charge is 2.17. The molecule has 0 unspecified atom stereocenters. The second kappa shape index (κ2) is 10.9. The van der Waals surface area contributed by atoms with E-state index < -0.39 is 11.9 Å². The van der Waals surface area contributed by atoms with Crippen LogP contribution < -0.4 is 10.6 Å². The van der Waals surface area contributed by atoms with Crippen molar-refractivity contribution in [3.63, 3.8) is 0 Å². The van der Waals surface area contributed by atoms with Crippen molar-refractivity contribution in [3.05, 3.63) is 59.2 Å². The first kappa shape index (κ1) is 24.3. The van der Waals surface area contributed by atoms with E-state index in [1.54, 1.807) is 39.8 Å². The summed E-state index contributed by atoms with van der Waals surface area (Å²) in [6, 6.07) is 12.6. The highest BCUT2D eigenvalue weighted by atomic mass is 32.1. The van der Waals surface area contributed by atoms with Crippen LogP contribution in [0.2, 0.25) is 0 Å². The van der Waals surface area contributed by atoms with Gasteiger partial charge in [0.1, 0.15) is 0 Å². The van der Waals surface area contributed by atoms with Gasteiger partial charge in [-0.2, -0.15) is 0 Å². The van der Waals surface area contributed by atoms with E-state index in [1.807, 2.05) is 24.3 Å². The Kier molecular flexibility index (Phi) is 8.56. The van der Waals surface area contributed by atoms with Gasteiger partial charge in [-0.15, -0.1) is 0 Å². The summed E-state index contributed by atoms with van der Waals surface area (Å²) in [4.78, 5) is 24.8. The van der Waals surface area contributed by atoms with Gasteiger partial charge in [0.25, 0.3) is 0 Å². The van der Waals surface area contributed by atoms with Gasteiger partial charge in [-0.25, -0.2) is 9.59 Å². The molecule has 166 valence electrons. The van der Waals surface area contributed by atoms with Crippen molar-refractivity contribution < 1.29 is 19.1 Å². The Morgan fingerprint density at radius 3 is 1.61 bits per heavy atom. The van der Waals surface area contributed by atoms with Gasteiger partial charge in [-0.05, 0) is 81.7 Å². The molecular formula is C24H30N2O4S. The molecule has 6 nitrogen and oxygen atoms in total. The van der Waals surface area contributed by atoms with Gasteiger partial charge >= 0.3 is 11.9 Å². The summed E-state index contributed by atoms with van der Waals surface area (Å²) in [6.45, 7) is 11.3. The van der Waals surface area contributed by atoms with Gasteiger partial charge in [0.15, 0.2) is 5.11 Å². The molecule has 0 saturated heterocycles. The number of carbonyl (C=O) groups excluding carboxylic acids is 2. The molecule has 0 amide bonds. The lowest BCUT2D eigenvalue weighted by molar-refractivity contribution is 0.0377. The Morgan fingerprint density at radius 1 is 0.742 bits per heavy atom. The Hall–Kier alpha value is -2.93. The van der Waals surface area contributed by atoms with Crippen molar-refractivity contribution in [2.24, 2.45) is 0 Å². The lowest BCUT2D eigenvalue weighted by Gasteiger charge is -2.15. The molecule has 2 aromatic carbocycles. The fourth-order valence-electron chi connectivity index (χ4n) is 2.74. The maximum Gasteiger partial charge on any atom is 0.338 e. The second-order valence-electron chi connectivity index (χ2n) is 8.06. The van der Waals surface area contributed by atoms with Crippen LogP contribution in [0.15, 0.2) is 42.5 Å². The van der Waals surface area contributed by atoms with Crippen molar-refractivity contribution in [1.82, 2.24) is 0 Å². The number of hydrogen-bond donors (Lipinski definition) is 2. The maximum atomic E-state index is 12.4. The topological polar surface area (TPSA) is 76.7 Å². The molecule has 0 bridgehead atoms. The van der Waals surface area contributed by atoms with Crippen LogP contribution in [-0.4, -0.2) is 29.3 Å². The van der Waals surface area contributed by atoms with Gasteiger partial charge in [0.2, 0.25) is 0 Å². The Balaban J connectivity index is 2.23. The smallest absolute Gasteiger partial charge is 0.338 e. The molecule has 2 N–H and O–H groups in total. The van der Waals surface area contributed by atoms with E-state index in [2.05, 4.69) is 24.5 Å². The van der Waals surface area contributed by atoms with Crippen molar-refractivity contribution >= 4 is 40.6 Å². The zero-order valence-electron chi connectivity index (χ0n) is 18.8. The van der Waals surface area contributed by atoms with E-state index in [4.69, 9.17) is 21.7 Å². The third-order valence-corrected chi connectivity index (χ3v) is 4.39. The largest absolute Gasteiger partial charge is 0.459 e. The van der Waals surface area contributed by atoms with Gasteiger partial charge in [0.05, 0.1) is 23.3 Å². The van der Waals surface area contributed by atoms with Crippen LogP contribution in [0.5, 0.6) is 0 Å². The quantitative estimate of drug-likeness (QED) is 0.418. The van der Waals surface area contributed by atoms with Gasteiger partial charge in [-0.1, -0.05) is 26.0 Å². The SMILES string of the molecule is CC(C)OC(=O)c1cc(NC(=S)Nc2ccc(C(C)C)cc2)cc(C(=O)OC(C)C)c1. The molecule has 7 heteroatoms. The third-order valence-electron chi connectivity index (χ3n) is 4.18. The zero-order valence-corrected chi connectivity index (χ0v) is 19.6. The maximum absolute atomic E-state index is 12.4. The van der Waals surface area contributed by atoms with Gasteiger partial charge in [0, 0.05) is 11.4 Å². The molecule has 0 spiro atoms. The third kappa shape index (κ3) is 7.68. The van der Waals surface area contributed by atoms with Crippen LogP contribution in [0.4, 0.5) is 11.4 Å². The van der Waals surface area contributed by atoms with Crippen molar-refractivity contribution in [2.45, 2.75) is 59.7 Å². The number of nitrogens with one attached hydrogen (secondary N) is 2. The van der Waals surface area contributed by atoms with E-state index in [9.17, 15) is 9.59 Å². The zero-order chi connectivity index (χ0) is 23.1. The molecule has 0 atom stereocenters. The number of anilines is 2. The van der Waals surface area contributed by atoms with Crippen LogP contribution in [-0.2, 0) is 9.47 Å². The normalized spacial score (nSPS) is 10.9. The lowest BCUT2D eigenvalue weighted by atomic mass is 10.0. The average molecular weight is 443 g/mol. The molecule has 2 rings (SSSR count). The second-order valence-corrected chi connectivity index (χ2v) is 8.47. The van der Waals surface area contributed by atoms with E-state index in [1.165, 1.54) is 11.6 Å². The number of hydrogen-bond acceptors (Lipinski definition) is 5. The average Bonchev–Trinajstić information content (AvgIpc) is 2.67. The first-order valence-electron chi connectivity index (χ1n) is 10.3.